The molecule has 0 saturated carbocycles. The van der Waals surface area contributed by atoms with Gasteiger partial charge in [0.2, 0.25) is 0 Å². The number of hydrogen-bond donors (Lipinski definition) is 0. The van der Waals surface area contributed by atoms with Gasteiger partial charge in [-0.2, -0.15) is 0 Å². The maximum atomic E-state index is 12.7. The van der Waals surface area contributed by atoms with Crippen molar-refractivity contribution in [2.24, 2.45) is 4.99 Å². The number of thioether (sulfide) groups is 1. The number of methoxy groups -OCH3 is 1. The van der Waals surface area contributed by atoms with Crippen LogP contribution in [-0.2, 0) is 20.7 Å². The number of β-lactam (4-membered cyclic amide) rings is 1. The zero-order valence-electron chi connectivity index (χ0n) is 14.2. The molecule has 1 amide bonds. The summed E-state index contributed by atoms with van der Waals surface area (Å²) in [6.45, 7) is 0. The molecule has 132 valence electrons. The number of carbonyl (C=O) groups is 2. The number of aliphatic imine (C=N–C) groups is 1. The molecular weight excluding hydrogens is 348 g/mol. The number of hydrogen-bond acceptors (Lipinski definition) is 5. The molecule has 3 atom stereocenters. The predicted octanol–water partition coefficient (Wildman–Crippen LogP) is 2.83. The van der Waals surface area contributed by atoms with Crippen LogP contribution in [-0.4, -0.2) is 40.3 Å². The molecule has 0 aliphatic carbocycles. The first-order valence-electron chi connectivity index (χ1n) is 8.41. The average Bonchev–Trinajstić information content (AvgIpc) is 3.05. The fourth-order valence-electron chi connectivity index (χ4n) is 3.32. The van der Waals surface area contributed by atoms with Crippen LogP contribution in [0.1, 0.15) is 17.2 Å². The Morgan fingerprint density at radius 2 is 1.81 bits per heavy atom. The predicted molar refractivity (Wildman–Crippen MR) is 101 cm³/mol. The number of fused-ring (bicyclic) bond motifs is 1. The van der Waals surface area contributed by atoms with Crippen LogP contribution in [0.5, 0.6) is 0 Å². The Kier molecular flexibility index (Phi) is 4.51. The lowest BCUT2D eigenvalue weighted by molar-refractivity contribution is -0.161. The second-order valence-electron chi connectivity index (χ2n) is 6.22. The molecule has 1 saturated heterocycles. The van der Waals surface area contributed by atoms with Gasteiger partial charge < -0.3 is 9.64 Å². The molecule has 0 unspecified atom stereocenters. The van der Waals surface area contributed by atoms with Crippen molar-refractivity contribution in [1.82, 2.24) is 4.90 Å². The van der Waals surface area contributed by atoms with Crippen LogP contribution in [0.15, 0.2) is 65.7 Å². The highest BCUT2D eigenvalue weighted by atomic mass is 32.2. The largest absolute Gasteiger partial charge is 0.467 e. The summed E-state index contributed by atoms with van der Waals surface area (Å²) in [7, 11) is 1.35. The maximum Gasteiger partial charge on any atom is 0.333 e. The molecule has 2 aliphatic heterocycles. The molecule has 2 aromatic rings. The Morgan fingerprint density at radius 3 is 2.46 bits per heavy atom. The van der Waals surface area contributed by atoms with Crippen molar-refractivity contribution in [3.8, 4) is 0 Å². The minimum atomic E-state index is -0.728. The van der Waals surface area contributed by atoms with Crippen LogP contribution < -0.4 is 0 Å². The van der Waals surface area contributed by atoms with Gasteiger partial charge in [0.1, 0.15) is 5.37 Å². The summed E-state index contributed by atoms with van der Waals surface area (Å²) in [6, 6.07) is 18.2. The van der Waals surface area contributed by atoms with E-state index in [2.05, 4.69) is 4.99 Å². The first kappa shape index (κ1) is 16.8. The zero-order valence-corrected chi connectivity index (χ0v) is 15.1. The SMILES string of the molecule is COC(=O)[C@@H](c1ccccc1)N1C(=O)[C@H]2N=C(Cc3ccccc3)S[C@H]21. The van der Waals surface area contributed by atoms with Gasteiger partial charge in [-0.05, 0) is 11.1 Å². The summed E-state index contributed by atoms with van der Waals surface area (Å²) in [5, 5.41) is 0.782. The average molecular weight is 366 g/mol. The topological polar surface area (TPSA) is 59.0 Å². The van der Waals surface area contributed by atoms with Crippen molar-refractivity contribution < 1.29 is 14.3 Å². The highest BCUT2D eigenvalue weighted by molar-refractivity contribution is 8.14. The summed E-state index contributed by atoms with van der Waals surface area (Å²) >= 11 is 1.57. The minimum Gasteiger partial charge on any atom is -0.467 e. The van der Waals surface area contributed by atoms with E-state index in [1.54, 1.807) is 16.7 Å². The van der Waals surface area contributed by atoms with E-state index in [0.717, 1.165) is 16.2 Å². The molecule has 1 fully saturated rings. The van der Waals surface area contributed by atoms with E-state index in [0.29, 0.717) is 6.42 Å². The summed E-state index contributed by atoms with van der Waals surface area (Å²) in [5.74, 6) is -0.551. The number of carbonyl (C=O) groups excluding carboxylic acids is 2. The van der Waals surface area contributed by atoms with Gasteiger partial charge in [-0.15, -0.1) is 0 Å². The summed E-state index contributed by atoms with van der Waals surface area (Å²) in [4.78, 5) is 31.3. The van der Waals surface area contributed by atoms with Crippen molar-refractivity contribution in [2.75, 3.05) is 7.11 Å². The number of nitrogens with zero attached hydrogens (tertiary/aromatic N) is 2. The van der Waals surface area contributed by atoms with Crippen molar-refractivity contribution in [3.63, 3.8) is 0 Å². The van der Waals surface area contributed by atoms with E-state index >= 15 is 0 Å². The van der Waals surface area contributed by atoms with Gasteiger partial charge in [-0.25, -0.2) is 4.79 Å². The van der Waals surface area contributed by atoms with E-state index in [4.69, 9.17) is 4.74 Å². The molecule has 0 aromatic heterocycles. The van der Waals surface area contributed by atoms with Crippen molar-refractivity contribution >= 4 is 28.7 Å². The van der Waals surface area contributed by atoms with Crippen LogP contribution >= 0.6 is 11.8 Å². The van der Waals surface area contributed by atoms with Crippen LogP contribution in [0.25, 0.3) is 0 Å². The lowest BCUT2D eigenvalue weighted by Crippen LogP contribution is -2.63. The Bertz CT molecular complexity index is 854. The third-order valence-corrected chi connectivity index (χ3v) is 5.86. The first-order valence-corrected chi connectivity index (χ1v) is 9.29. The van der Waals surface area contributed by atoms with Crippen LogP contribution in [0.2, 0.25) is 0 Å². The fourth-order valence-corrected chi connectivity index (χ4v) is 4.67. The van der Waals surface area contributed by atoms with Gasteiger partial charge in [-0.1, -0.05) is 72.4 Å². The third kappa shape index (κ3) is 2.90. The van der Waals surface area contributed by atoms with Gasteiger partial charge >= 0.3 is 5.97 Å². The maximum absolute atomic E-state index is 12.7. The quantitative estimate of drug-likeness (QED) is 0.603. The Morgan fingerprint density at radius 1 is 1.15 bits per heavy atom. The Hall–Kier alpha value is -2.60. The van der Waals surface area contributed by atoms with Crippen LogP contribution in [0.4, 0.5) is 0 Å². The van der Waals surface area contributed by atoms with Gasteiger partial charge in [0.25, 0.3) is 5.91 Å². The lowest BCUT2D eigenvalue weighted by atomic mass is 9.98. The first-order chi connectivity index (χ1) is 12.7. The van der Waals surface area contributed by atoms with E-state index in [9.17, 15) is 9.59 Å². The highest BCUT2D eigenvalue weighted by Gasteiger charge is 2.56. The molecule has 0 spiro atoms. The number of benzene rings is 2. The monoisotopic (exact) mass is 366 g/mol. The smallest absolute Gasteiger partial charge is 0.333 e. The van der Waals surface area contributed by atoms with Gasteiger partial charge in [0.15, 0.2) is 12.1 Å². The fraction of sp³-hybridized carbons (Fsp3) is 0.250. The van der Waals surface area contributed by atoms with Gasteiger partial charge in [-0.3, -0.25) is 9.79 Å². The zero-order chi connectivity index (χ0) is 18.1. The number of likely N-dealkylation sites (tertiary alicyclic amines) is 1. The summed E-state index contributed by atoms with van der Waals surface area (Å²) < 4.78 is 4.96. The Labute approximate surface area is 156 Å². The second kappa shape index (κ2) is 6.96. The highest BCUT2D eigenvalue weighted by Crippen LogP contribution is 2.44. The minimum absolute atomic E-state index is 0.121. The molecule has 0 radical (unpaired) electrons. The summed E-state index contributed by atoms with van der Waals surface area (Å²) in [6.07, 6.45) is 0.702. The molecule has 2 heterocycles. The standard InChI is InChI=1S/C20H18N2O3S/c1-25-20(24)17(14-10-6-3-7-11-14)22-18(23)16-19(22)26-15(21-16)12-13-8-4-2-5-9-13/h2-11,16-17,19H,12H2,1H3/t16-,17-,19-/m1/s1. The second-order valence-corrected chi connectivity index (χ2v) is 7.41. The molecular formula is C20H18N2O3S. The van der Waals surface area contributed by atoms with E-state index in [1.807, 2.05) is 60.7 Å². The lowest BCUT2D eigenvalue weighted by Gasteiger charge is -2.44. The molecule has 2 aliphatic rings. The van der Waals surface area contributed by atoms with E-state index in [1.165, 1.54) is 7.11 Å². The molecule has 0 bridgehead atoms. The number of ether oxygens (including phenoxy) is 1. The molecule has 2 aromatic carbocycles. The van der Waals surface area contributed by atoms with E-state index < -0.39 is 18.1 Å². The van der Waals surface area contributed by atoms with Crippen molar-refractivity contribution in [3.05, 3.63) is 71.8 Å². The molecule has 6 heteroatoms. The number of amides is 1. The number of rotatable bonds is 5. The van der Waals surface area contributed by atoms with Gasteiger partial charge in [0, 0.05) is 6.42 Å². The van der Waals surface area contributed by atoms with Crippen LogP contribution in [0, 0.1) is 0 Å². The van der Waals surface area contributed by atoms with Crippen molar-refractivity contribution in [2.45, 2.75) is 23.9 Å². The van der Waals surface area contributed by atoms with Crippen molar-refractivity contribution in [1.29, 1.82) is 0 Å². The number of esters is 1. The molecule has 0 N–H and O–H groups in total. The normalized spacial score (nSPS) is 22.3. The third-order valence-electron chi connectivity index (χ3n) is 4.61. The molecule has 5 nitrogen and oxygen atoms in total. The Balaban J connectivity index is 1.55. The molecule has 26 heavy (non-hydrogen) atoms. The molecule has 4 rings (SSSR count). The van der Waals surface area contributed by atoms with Gasteiger partial charge in [0.05, 0.1) is 12.2 Å². The van der Waals surface area contributed by atoms with E-state index in [-0.39, 0.29) is 11.3 Å². The van der Waals surface area contributed by atoms with Crippen LogP contribution in [0.3, 0.4) is 0 Å². The summed E-state index contributed by atoms with van der Waals surface area (Å²) in [5.41, 5.74) is 1.91.